The molecule has 3 aromatic rings. The molecule has 4 nitrogen and oxygen atoms in total. The highest BCUT2D eigenvalue weighted by Gasteiger charge is 2.15. The smallest absolute Gasteiger partial charge is 0.119 e. The van der Waals surface area contributed by atoms with Crippen LogP contribution in [0.1, 0.15) is 81.4 Å². The first-order valence-electron chi connectivity index (χ1n) is 16.6. The fourth-order valence-corrected chi connectivity index (χ4v) is 6.56. The Hall–Kier alpha value is -2.79. The maximum absolute atomic E-state index is 6.26. The largest absolute Gasteiger partial charge is 0.492 e. The number of allylic oxidation sites excluding steroid dienone is 1. The van der Waals surface area contributed by atoms with Gasteiger partial charge < -0.3 is 9.47 Å². The van der Waals surface area contributed by atoms with E-state index >= 15 is 0 Å². The van der Waals surface area contributed by atoms with Crippen LogP contribution in [0.4, 0.5) is 0 Å². The summed E-state index contributed by atoms with van der Waals surface area (Å²) in [5.41, 5.74) is 6.08. The lowest BCUT2D eigenvalue weighted by atomic mass is 9.88. The van der Waals surface area contributed by atoms with Crippen LogP contribution in [0.25, 0.3) is 11.1 Å². The average molecular weight is 601 g/mol. The molecule has 0 radical (unpaired) electrons. The maximum Gasteiger partial charge on any atom is 0.119 e. The number of benzene rings is 3. The van der Waals surface area contributed by atoms with Crippen LogP contribution in [0.3, 0.4) is 0 Å². The zero-order valence-corrected chi connectivity index (χ0v) is 26.8. The van der Waals surface area contributed by atoms with Crippen molar-refractivity contribution in [2.75, 3.05) is 52.5 Å². The molecule has 2 heterocycles. The second-order valence-corrected chi connectivity index (χ2v) is 12.4. The van der Waals surface area contributed by atoms with Crippen molar-refractivity contribution in [1.29, 1.82) is 0 Å². The molecule has 230 valence electrons. The normalized spacial score (nSPS) is 16.7. The van der Waals surface area contributed by atoms with Gasteiger partial charge >= 0.3 is 0 Å². The molecule has 2 aliphatic heterocycles. The summed E-state index contributed by atoms with van der Waals surface area (Å²) in [5.74, 6) is 1.85. The zero-order valence-electron chi connectivity index (χ0n) is 26.0. The van der Waals surface area contributed by atoms with Crippen molar-refractivity contribution < 1.29 is 9.47 Å². The number of hydrogen-bond donors (Lipinski definition) is 0. The third-order valence-electron chi connectivity index (χ3n) is 8.88. The Morgan fingerprint density at radius 2 is 0.953 bits per heavy atom. The first-order chi connectivity index (χ1) is 21.2. The molecule has 0 spiro atoms. The predicted octanol–water partition coefficient (Wildman–Crippen LogP) is 9.22. The van der Waals surface area contributed by atoms with Gasteiger partial charge in [-0.05, 0) is 123 Å². The van der Waals surface area contributed by atoms with Gasteiger partial charge in [-0.2, -0.15) is 0 Å². The van der Waals surface area contributed by atoms with Gasteiger partial charge in [0.15, 0.2) is 0 Å². The minimum absolute atomic E-state index is 0.728. The Morgan fingerprint density at radius 3 is 1.35 bits per heavy atom. The summed E-state index contributed by atoms with van der Waals surface area (Å²) in [6.45, 7) is 10.5. The maximum atomic E-state index is 6.26. The zero-order chi connectivity index (χ0) is 29.7. The molecule has 3 aromatic carbocycles. The van der Waals surface area contributed by atoms with Gasteiger partial charge in [0.2, 0.25) is 0 Å². The first kappa shape index (κ1) is 31.6. The SMILES string of the molecule is CCC(=C(c1ccc(OCCN2CCCCCC2)cc1)c1ccc(OCCN2CCCCCC2)cc1)c1ccc(Cl)cc1. The predicted molar refractivity (Wildman–Crippen MR) is 181 cm³/mol. The van der Waals surface area contributed by atoms with Crippen molar-refractivity contribution in [3.05, 3.63) is 94.5 Å². The van der Waals surface area contributed by atoms with Gasteiger partial charge in [0.25, 0.3) is 0 Å². The number of rotatable bonds is 12. The number of ether oxygens (including phenoxy) is 2. The lowest BCUT2D eigenvalue weighted by molar-refractivity contribution is 0.214. The lowest BCUT2D eigenvalue weighted by Crippen LogP contribution is -2.29. The van der Waals surface area contributed by atoms with Gasteiger partial charge in [-0.1, -0.05) is 80.6 Å². The van der Waals surface area contributed by atoms with Crippen LogP contribution in [0.5, 0.6) is 11.5 Å². The molecule has 0 N–H and O–H groups in total. The summed E-state index contributed by atoms with van der Waals surface area (Å²) in [5, 5.41) is 0.754. The van der Waals surface area contributed by atoms with Crippen molar-refractivity contribution in [3.63, 3.8) is 0 Å². The van der Waals surface area contributed by atoms with Gasteiger partial charge in [-0.25, -0.2) is 0 Å². The van der Waals surface area contributed by atoms with E-state index in [2.05, 4.69) is 77.4 Å². The second kappa shape index (κ2) is 16.9. The summed E-state index contributed by atoms with van der Waals surface area (Å²) in [6, 6.07) is 25.5. The first-order valence-corrected chi connectivity index (χ1v) is 17.0. The molecule has 5 heteroatoms. The second-order valence-electron chi connectivity index (χ2n) is 12.0. The Bertz CT molecular complexity index is 1180. The highest BCUT2D eigenvalue weighted by Crippen LogP contribution is 2.36. The Kier molecular flexibility index (Phi) is 12.4. The molecule has 0 atom stereocenters. The van der Waals surface area contributed by atoms with Crippen molar-refractivity contribution in [3.8, 4) is 11.5 Å². The van der Waals surface area contributed by atoms with E-state index in [-0.39, 0.29) is 0 Å². The fraction of sp³-hybridized carbons (Fsp3) is 0.474. The minimum atomic E-state index is 0.728. The Labute approximate surface area is 264 Å². The van der Waals surface area contributed by atoms with E-state index in [0.29, 0.717) is 0 Å². The Balaban J connectivity index is 1.30. The quantitative estimate of drug-likeness (QED) is 0.193. The van der Waals surface area contributed by atoms with Crippen molar-refractivity contribution in [1.82, 2.24) is 9.80 Å². The topological polar surface area (TPSA) is 24.9 Å². The molecule has 5 rings (SSSR count). The number of nitrogens with zero attached hydrogens (tertiary/aromatic N) is 2. The van der Waals surface area contributed by atoms with Gasteiger partial charge in [0, 0.05) is 18.1 Å². The minimum Gasteiger partial charge on any atom is -0.492 e. The Morgan fingerprint density at radius 1 is 0.558 bits per heavy atom. The molecule has 0 saturated carbocycles. The molecule has 43 heavy (non-hydrogen) atoms. The lowest BCUT2D eigenvalue weighted by Gasteiger charge is -2.20. The molecule has 0 amide bonds. The molecule has 0 aromatic heterocycles. The molecule has 2 aliphatic rings. The summed E-state index contributed by atoms with van der Waals surface area (Å²) in [7, 11) is 0. The molecular weight excluding hydrogens is 552 g/mol. The third-order valence-corrected chi connectivity index (χ3v) is 9.14. The van der Waals surface area contributed by atoms with Crippen molar-refractivity contribution >= 4 is 22.7 Å². The van der Waals surface area contributed by atoms with Crippen molar-refractivity contribution in [2.24, 2.45) is 0 Å². The summed E-state index contributed by atoms with van der Waals surface area (Å²) in [4.78, 5) is 5.09. The van der Waals surface area contributed by atoms with Gasteiger partial charge in [-0.3, -0.25) is 9.80 Å². The number of halogens is 1. The van der Waals surface area contributed by atoms with E-state index < -0.39 is 0 Å². The fourth-order valence-electron chi connectivity index (χ4n) is 6.43. The molecule has 0 aliphatic carbocycles. The highest BCUT2D eigenvalue weighted by molar-refractivity contribution is 6.30. The van der Waals surface area contributed by atoms with Crippen LogP contribution in [-0.4, -0.2) is 62.3 Å². The monoisotopic (exact) mass is 600 g/mol. The van der Waals surface area contributed by atoms with Crippen LogP contribution < -0.4 is 9.47 Å². The van der Waals surface area contributed by atoms with Crippen LogP contribution >= 0.6 is 11.6 Å². The number of hydrogen-bond acceptors (Lipinski definition) is 4. The van der Waals surface area contributed by atoms with Crippen LogP contribution in [0.2, 0.25) is 5.02 Å². The standard InChI is InChI=1S/C38H49ClN2O2/c1-2-37(31-11-17-34(39)18-12-31)38(32-13-19-35(20-14-32)42-29-27-40-23-7-3-4-8-24-40)33-15-21-36(22-16-33)43-30-28-41-25-9-5-6-10-26-41/h11-22H,2-10,23-30H2,1H3. The van der Waals surface area contributed by atoms with E-state index in [1.807, 2.05) is 12.1 Å². The van der Waals surface area contributed by atoms with Gasteiger partial charge in [0.1, 0.15) is 24.7 Å². The van der Waals surface area contributed by atoms with Gasteiger partial charge in [0.05, 0.1) is 0 Å². The summed E-state index contributed by atoms with van der Waals surface area (Å²) >= 11 is 6.26. The van der Waals surface area contributed by atoms with Crippen LogP contribution in [-0.2, 0) is 0 Å². The van der Waals surface area contributed by atoms with Crippen LogP contribution in [0, 0.1) is 0 Å². The average Bonchev–Trinajstić information content (AvgIpc) is 3.47. The molecular formula is C38H49ClN2O2. The highest BCUT2D eigenvalue weighted by atomic mass is 35.5. The van der Waals surface area contributed by atoms with E-state index in [9.17, 15) is 0 Å². The third kappa shape index (κ3) is 9.60. The molecule has 0 bridgehead atoms. The number of likely N-dealkylation sites (tertiary alicyclic amines) is 2. The van der Waals surface area contributed by atoms with E-state index in [1.165, 1.54) is 105 Å². The van der Waals surface area contributed by atoms with E-state index in [0.717, 1.165) is 49.2 Å². The van der Waals surface area contributed by atoms with Gasteiger partial charge in [-0.15, -0.1) is 0 Å². The summed E-state index contributed by atoms with van der Waals surface area (Å²) < 4.78 is 12.4. The van der Waals surface area contributed by atoms with E-state index in [1.54, 1.807) is 0 Å². The molecule has 2 saturated heterocycles. The summed E-state index contributed by atoms with van der Waals surface area (Å²) in [6.07, 6.45) is 11.6. The molecule has 0 unspecified atom stereocenters. The van der Waals surface area contributed by atoms with Crippen molar-refractivity contribution in [2.45, 2.75) is 64.7 Å². The molecule has 2 fully saturated rings. The van der Waals surface area contributed by atoms with E-state index in [4.69, 9.17) is 21.1 Å². The van der Waals surface area contributed by atoms with Crippen LogP contribution in [0.15, 0.2) is 72.8 Å².